The second kappa shape index (κ2) is 24.1. The highest BCUT2D eigenvalue weighted by Gasteiger charge is 2.37. The molecule has 0 radical (unpaired) electrons. The van der Waals surface area contributed by atoms with Gasteiger partial charge in [-0.15, -0.1) is 0 Å². The maximum Gasteiger partial charge on any atom is 0.242 e. The van der Waals surface area contributed by atoms with Crippen molar-refractivity contribution in [1.29, 1.82) is 0 Å². The Labute approximate surface area is 321 Å². The molecule has 0 spiro atoms. The molecule has 1 saturated heterocycles. The second-order valence-corrected chi connectivity index (χ2v) is 14.0. The van der Waals surface area contributed by atoms with Gasteiger partial charge < -0.3 is 24.6 Å². The van der Waals surface area contributed by atoms with Crippen LogP contribution in [-0.2, 0) is 32.9 Å². The predicted molar refractivity (Wildman–Crippen MR) is 222 cm³/mol. The molecule has 3 aromatic carbocycles. The van der Waals surface area contributed by atoms with Crippen LogP contribution in [0.2, 0.25) is 5.02 Å². The molecule has 2 aliphatic rings. The lowest BCUT2D eigenvalue weighted by molar-refractivity contribution is -0.167. The highest BCUT2D eigenvalue weighted by Crippen LogP contribution is 2.37. The number of rotatable bonds is 14. The van der Waals surface area contributed by atoms with Gasteiger partial charge in [-0.1, -0.05) is 139 Å². The number of hydrogen-bond acceptors (Lipinski definition) is 5. The van der Waals surface area contributed by atoms with Crippen LogP contribution >= 0.6 is 11.6 Å². The average molecular weight is 735 g/mol. The lowest BCUT2D eigenvalue weighted by Crippen LogP contribution is -2.45. The summed E-state index contributed by atoms with van der Waals surface area (Å²) in [5, 5.41) is 4.20. The van der Waals surface area contributed by atoms with Crippen molar-refractivity contribution in [1.82, 2.24) is 10.2 Å². The van der Waals surface area contributed by atoms with E-state index in [4.69, 9.17) is 21.1 Å². The van der Waals surface area contributed by atoms with Gasteiger partial charge >= 0.3 is 0 Å². The summed E-state index contributed by atoms with van der Waals surface area (Å²) in [4.78, 5) is 17.7. The molecule has 1 heterocycles. The van der Waals surface area contributed by atoms with Gasteiger partial charge in [-0.05, 0) is 68.0 Å². The van der Waals surface area contributed by atoms with Crippen LogP contribution in [0.1, 0.15) is 108 Å². The number of carbonyl (C=O) groups is 1. The van der Waals surface area contributed by atoms with Gasteiger partial charge in [0, 0.05) is 48.0 Å². The quantitative estimate of drug-likeness (QED) is 0.167. The van der Waals surface area contributed by atoms with Crippen molar-refractivity contribution in [2.75, 3.05) is 44.8 Å². The summed E-state index contributed by atoms with van der Waals surface area (Å²) < 4.78 is 12.1. The van der Waals surface area contributed by atoms with Crippen molar-refractivity contribution in [3.63, 3.8) is 0 Å². The van der Waals surface area contributed by atoms with E-state index in [1.165, 1.54) is 42.4 Å². The molecular weight excluding hydrogens is 666 g/mol. The lowest BCUT2D eigenvalue weighted by atomic mass is 9.99. The maximum absolute atomic E-state index is 13.6. The van der Waals surface area contributed by atoms with Crippen LogP contribution in [0.15, 0.2) is 79.0 Å². The Bertz CT molecular complexity index is 1420. The number of anilines is 1. The van der Waals surface area contributed by atoms with E-state index in [-0.39, 0.29) is 18.5 Å². The van der Waals surface area contributed by atoms with E-state index in [2.05, 4.69) is 93.9 Å². The Morgan fingerprint density at radius 3 is 1.94 bits per heavy atom. The third-order valence-corrected chi connectivity index (χ3v) is 9.73. The first-order chi connectivity index (χ1) is 25.1. The van der Waals surface area contributed by atoms with Crippen molar-refractivity contribution in [2.45, 2.75) is 119 Å². The van der Waals surface area contributed by atoms with Gasteiger partial charge in [-0.3, -0.25) is 4.79 Å². The minimum Gasteiger partial charge on any atom is -0.387 e. The molecule has 0 atom stereocenters. The number of ether oxygens (including phenoxy) is 2. The Hall–Kier alpha value is -3.32. The van der Waals surface area contributed by atoms with Gasteiger partial charge in [-0.2, -0.15) is 0 Å². The molecule has 3 aromatic rings. The third-order valence-electron chi connectivity index (χ3n) is 9.48. The summed E-state index contributed by atoms with van der Waals surface area (Å²) in [6.45, 7) is 23.9. The summed E-state index contributed by atoms with van der Waals surface area (Å²) >= 11 is 5.61. The van der Waals surface area contributed by atoms with E-state index >= 15 is 0 Å². The smallest absolute Gasteiger partial charge is 0.242 e. The molecule has 52 heavy (non-hydrogen) atoms. The summed E-state index contributed by atoms with van der Waals surface area (Å²) in [6.07, 6.45) is 9.10. The fraction of sp³-hybridized carbons (Fsp3) is 0.533. The van der Waals surface area contributed by atoms with Crippen LogP contribution in [0.5, 0.6) is 0 Å². The number of nitrogens with zero attached hydrogens (tertiary/aromatic N) is 2. The molecule has 1 aliphatic heterocycles. The molecule has 1 aliphatic carbocycles. The monoisotopic (exact) mass is 733 g/mol. The maximum atomic E-state index is 13.6. The van der Waals surface area contributed by atoms with Gasteiger partial charge in [0.05, 0.1) is 26.3 Å². The van der Waals surface area contributed by atoms with Crippen LogP contribution in [-0.4, -0.2) is 56.7 Å². The molecular formula is C45H68ClN3O3. The van der Waals surface area contributed by atoms with E-state index in [1.807, 2.05) is 57.0 Å². The molecule has 6 nitrogen and oxygen atoms in total. The zero-order valence-corrected chi connectivity index (χ0v) is 34.6. The topological polar surface area (TPSA) is 54.0 Å². The molecule has 0 aromatic heterocycles. The molecule has 1 fully saturated rings. The number of unbranched alkanes of at least 4 members (excludes halogenated alkanes) is 3. The Morgan fingerprint density at radius 1 is 0.865 bits per heavy atom. The standard InChI is InChI=1S/C30H41N3O3.C7H7Cl.C6H14.C2H6/c1-6-14-31-23(4)20-33(21-29(34)32(5)27-17-24-10-8-9-11-25(24)18-27)28-19-26(13-12-22(28)3)30(7-2)35-15-16-36-30;1-6-2-4-7(8)5-3-6;1-3-5-6-4-2;1-2/h8-13,19,27,31H,4,6-7,14-18,20-21H2,1-3,5H3;2-5H,1H3;3-6H2,1-2H3;1-2H3. The van der Waals surface area contributed by atoms with Crippen LogP contribution < -0.4 is 10.2 Å². The number of fused-ring (bicyclic) bond motifs is 1. The minimum absolute atomic E-state index is 0.111. The first-order valence-electron chi connectivity index (χ1n) is 19.7. The Morgan fingerprint density at radius 2 is 1.44 bits per heavy atom. The molecule has 1 N–H and O–H groups in total. The highest BCUT2D eigenvalue weighted by atomic mass is 35.5. The lowest BCUT2D eigenvalue weighted by Gasteiger charge is -2.33. The van der Waals surface area contributed by atoms with Gasteiger partial charge in [0.2, 0.25) is 5.91 Å². The van der Waals surface area contributed by atoms with Crippen LogP contribution in [0.4, 0.5) is 5.69 Å². The summed E-state index contributed by atoms with van der Waals surface area (Å²) in [7, 11) is 1.94. The summed E-state index contributed by atoms with van der Waals surface area (Å²) in [5.74, 6) is -0.610. The molecule has 5 rings (SSSR count). The number of carbonyl (C=O) groups excluding carboxylic acids is 1. The number of likely N-dealkylation sites (N-methyl/N-ethyl adjacent to an activating group) is 1. The molecule has 0 unspecified atom stereocenters. The van der Waals surface area contributed by atoms with Gasteiger partial charge in [0.1, 0.15) is 0 Å². The molecule has 7 heteroatoms. The number of benzene rings is 3. The van der Waals surface area contributed by atoms with E-state index < -0.39 is 5.79 Å². The third kappa shape index (κ3) is 13.9. The van der Waals surface area contributed by atoms with Crippen molar-refractivity contribution < 1.29 is 14.3 Å². The zero-order valence-electron chi connectivity index (χ0n) is 33.8. The molecule has 0 bridgehead atoms. The SMILES string of the molecule is C=C(CN(CC(=O)N(C)C1Cc2ccccc2C1)c1cc(C2(CC)OCCO2)ccc1C)NCCC.CC.CCCCCC.Cc1ccc(Cl)cc1. The largest absolute Gasteiger partial charge is 0.387 e. The van der Waals surface area contributed by atoms with Gasteiger partial charge in [0.15, 0.2) is 5.79 Å². The number of halogens is 1. The van der Waals surface area contributed by atoms with Gasteiger partial charge in [-0.25, -0.2) is 0 Å². The van der Waals surface area contributed by atoms with Crippen molar-refractivity contribution in [2.24, 2.45) is 0 Å². The number of nitrogens with one attached hydrogen (secondary N) is 1. The fourth-order valence-corrected chi connectivity index (χ4v) is 6.48. The van der Waals surface area contributed by atoms with E-state index in [1.54, 1.807) is 0 Å². The zero-order chi connectivity index (χ0) is 38.5. The van der Waals surface area contributed by atoms with Crippen molar-refractivity contribution in [3.8, 4) is 0 Å². The summed E-state index contributed by atoms with van der Waals surface area (Å²) in [6, 6.07) is 22.8. The van der Waals surface area contributed by atoms with Crippen LogP contribution in [0.25, 0.3) is 0 Å². The van der Waals surface area contributed by atoms with E-state index in [9.17, 15) is 4.79 Å². The number of aryl methyl sites for hydroxylation is 2. The Kier molecular flexibility index (Phi) is 20.8. The van der Waals surface area contributed by atoms with Crippen LogP contribution in [0.3, 0.4) is 0 Å². The van der Waals surface area contributed by atoms with Crippen molar-refractivity contribution in [3.05, 3.63) is 112 Å². The molecule has 1 amide bonds. The fourth-order valence-electron chi connectivity index (χ4n) is 6.35. The second-order valence-electron chi connectivity index (χ2n) is 13.5. The summed E-state index contributed by atoms with van der Waals surface area (Å²) in [5.41, 5.74) is 7.96. The highest BCUT2D eigenvalue weighted by molar-refractivity contribution is 6.30. The number of hydrogen-bond donors (Lipinski definition) is 1. The average Bonchev–Trinajstić information content (AvgIpc) is 3.84. The Balaban J connectivity index is 0.000000485. The predicted octanol–water partition coefficient (Wildman–Crippen LogP) is 10.8. The first kappa shape index (κ1) is 44.8. The normalized spacial score (nSPS) is 14.0. The first-order valence-corrected chi connectivity index (χ1v) is 20.0. The molecule has 0 saturated carbocycles. The van der Waals surface area contributed by atoms with Crippen LogP contribution in [0, 0.1) is 13.8 Å². The minimum atomic E-state index is -0.720. The van der Waals surface area contributed by atoms with Crippen molar-refractivity contribution >= 4 is 23.2 Å². The molecule has 288 valence electrons. The van der Waals surface area contributed by atoms with E-state index in [0.29, 0.717) is 19.8 Å². The van der Waals surface area contributed by atoms with Gasteiger partial charge in [0.25, 0.3) is 0 Å². The number of amides is 1. The van der Waals surface area contributed by atoms with E-state index in [0.717, 1.165) is 59.8 Å².